The van der Waals surface area contributed by atoms with Gasteiger partial charge in [-0.05, 0) is 58.2 Å². The van der Waals surface area contributed by atoms with E-state index in [4.69, 9.17) is 19.8 Å². The minimum Gasteiger partial charge on any atom is -0.422 e. The Morgan fingerprint density at radius 3 is 1.73 bits per heavy atom. The molecular weight excluding hydrogens is 450 g/mol. The van der Waals surface area contributed by atoms with Gasteiger partial charge in [0.05, 0.1) is 23.2 Å². The summed E-state index contributed by atoms with van der Waals surface area (Å²) >= 11 is 0. The maximum absolute atomic E-state index is 12.7. The van der Waals surface area contributed by atoms with Gasteiger partial charge in [-0.2, -0.15) is 8.42 Å². The first kappa shape index (κ1) is 31.0. The average molecular weight is 490 g/mol. The summed E-state index contributed by atoms with van der Waals surface area (Å²) in [6.45, 7) is 11.3. The molecule has 0 bridgehead atoms. The van der Waals surface area contributed by atoms with Crippen LogP contribution in [-0.4, -0.2) is 42.8 Å². The SMILES string of the molecule is CCCC(C)(C)C(=O)Oc1ccc(C(O)CN)cc1OC(=O)C(C)(C)CCC.CS(=O)(=O)O. The highest BCUT2D eigenvalue weighted by Gasteiger charge is 2.32. The van der Waals surface area contributed by atoms with Crippen molar-refractivity contribution in [3.63, 3.8) is 0 Å². The molecule has 1 aromatic carbocycles. The lowest BCUT2D eigenvalue weighted by atomic mass is 9.88. The number of benzene rings is 1. The van der Waals surface area contributed by atoms with Gasteiger partial charge in [-0.1, -0.05) is 32.8 Å². The van der Waals surface area contributed by atoms with Gasteiger partial charge in [0.1, 0.15) is 0 Å². The Morgan fingerprint density at radius 2 is 1.36 bits per heavy atom. The fourth-order valence-electron chi connectivity index (χ4n) is 2.96. The number of hydrogen-bond donors (Lipinski definition) is 3. The summed E-state index contributed by atoms with van der Waals surface area (Å²) in [5, 5.41) is 10.0. The lowest BCUT2D eigenvalue weighted by Gasteiger charge is -2.24. The minimum atomic E-state index is -3.67. The standard InChI is InChI=1S/C22H35NO5.CH4O3S/c1-7-11-21(3,4)19(25)27-17-10-9-15(16(24)14-23)13-18(17)28-20(26)22(5,6)12-8-2;1-5(2,3)4/h9-10,13,16,24H,7-8,11-12,14,23H2,1-6H3;1H3,(H,2,3,4). The van der Waals surface area contributed by atoms with Crippen molar-refractivity contribution in [3.05, 3.63) is 23.8 Å². The average Bonchev–Trinajstić information content (AvgIpc) is 2.67. The van der Waals surface area contributed by atoms with Crippen molar-refractivity contribution in [2.45, 2.75) is 73.3 Å². The number of esters is 2. The molecule has 0 radical (unpaired) electrons. The van der Waals surface area contributed by atoms with Crippen molar-refractivity contribution in [2.24, 2.45) is 16.6 Å². The van der Waals surface area contributed by atoms with Gasteiger partial charge in [-0.25, -0.2) is 0 Å². The molecule has 1 atom stereocenters. The summed E-state index contributed by atoms with van der Waals surface area (Å²) in [4.78, 5) is 25.3. The van der Waals surface area contributed by atoms with Crippen LogP contribution in [0.4, 0.5) is 0 Å². The summed E-state index contributed by atoms with van der Waals surface area (Å²) in [6, 6.07) is 4.65. The van der Waals surface area contributed by atoms with E-state index in [0.717, 1.165) is 12.8 Å². The van der Waals surface area contributed by atoms with Crippen LogP contribution in [0.2, 0.25) is 0 Å². The molecule has 33 heavy (non-hydrogen) atoms. The predicted molar refractivity (Wildman–Crippen MR) is 127 cm³/mol. The molecule has 0 aliphatic rings. The third kappa shape index (κ3) is 11.6. The topological polar surface area (TPSA) is 153 Å². The smallest absolute Gasteiger partial charge is 0.317 e. The van der Waals surface area contributed by atoms with Crippen LogP contribution in [0.3, 0.4) is 0 Å². The second kappa shape index (κ2) is 13.0. The van der Waals surface area contributed by atoms with Crippen LogP contribution in [-0.2, 0) is 19.7 Å². The molecule has 0 amide bonds. The van der Waals surface area contributed by atoms with Gasteiger partial charge >= 0.3 is 11.9 Å². The molecule has 1 rings (SSSR count). The van der Waals surface area contributed by atoms with Crippen LogP contribution < -0.4 is 15.2 Å². The van der Waals surface area contributed by atoms with Crippen molar-refractivity contribution in [3.8, 4) is 11.5 Å². The van der Waals surface area contributed by atoms with Crippen molar-refractivity contribution >= 4 is 22.1 Å². The summed E-state index contributed by atoms with van der Waals surface area (Å²) < 4.78 is 37.0. The van der Waals surface area contributed by atoms with E-state index in [1.165, 1.54) is 12.1 Å². The van der Waals surface area contributed by atoms with Crippen molar-refractivity contribution in [1.29, 1.82) is 0 Å². The molecule has 0 aliphatic carbocycles. The first-order valence-corrected chi connectivity index (χ1v) is 12.7. The van der Waals surface area contributed by atoms with Crippen molar-refractivity contribution in [2.75, 3.05) is 12.8 Å². The molecule has 1 unspecified atom stereocenters. The normalized spacial score (nSPS) is 12.9. The molecule has 1 aromatic rings. The maximum atomic E-state index is 12.7. The molecule has 9 nitrogen and oxygen atoms in total. The van der Waals surface area contributed by atoms with Crippen LogP contribution in [0, 0.1) is 10.8 Å². The number of aliphatic hydroxyl groups excluding tert-OH is 1. The number of ether oxygens (including phenoxy) is 2. The van der Waals surface area contributed by atoms with Gasteiger partial charge in [0.25, 0.3) is 10.1 Å². The summed E-state index contributed by atoms with van der Waals surface area (Å²) in [5.74, 6) is -0.548. The van der Waals surface area contributed by atoms with Gasteiger partial charge in [0.15, 0.2) is 11.5 Å². The Kier molecular flexibility index (Phi) is 12.2. The third-order valence-corrected chi connectivity index (χ3v) is 4.84. The quantitative estimate of drug-likeness (QED) is 0.254. The largest absolute Gasteiger partial charge is 0.422 e. The number of aliphatic hydroxyl groups is 1. The molecule has 4 N–H and O–H groups in total. The second-order valence-electron chi connectivity index (χ2n) is 9.24. The Balaban J connectivity index is 0.00000184. The van der Waals surface area contributed by atoms with E-state index in [0.29, 0.717) is 24.7 Å². The van der Waals surface area contributed by atoms with Crippen molar-refractivity contribution in [1.82, 2.24) is 0 Å². The van der Waals surface area contributed by atoms with E-state index in [9.17, 15) is 23.1 Å². The zero-order valence-electron chi connectivity index (χ0n) is 20.7. The highest BCUT2D eigenvalue weighted by molar-refractivity contribution is 7.85. The molecule has 0 saturated heterocycles. The molecule has 0 heterocycles. The summed E-state index contributed by atoms with van der Waals surface area (Å²) in [6.07, 6.45) is 2.83. The Bertz CT molecular complexity index is 886. The zero-order valence-corrected chi connectivity index (χ0v) is 21.5. The molecule has 190 valence electrons. The lowest BCUT2D eigenvalue weighted by molar-refractivity contribution is -0.147. The maximum Gasteiger partial charge on any atom is 0.317 e. The first-order valence-electron chi connectivity index (χ1n) is 10.9. The lowest BCUT2D eigenvalue weighted by Crippen LogP contribution is -2.30. The molecule has 10 heteroatoms. The van der Waals surface area contributed by atoms with Crippen LogP contribution in [0.1, 0.15) is 78.9 Å². The van der Waals surface area contributed by atoms with Gasteiger partial charge in [0, 0.05) is 6.54 Å². The highest BCUT2D eigenvalue weighted by atomic mass is 32.2. The highest BCUT2D eigenvalue weighted by Crippen LogP contribution is 2.35. The summed E-state index contributed by atoms with van der Waals surface area (Å²) in [5.41, 5.74) is 4.68. The second-order valence-corrected chi connectivity index (χ2v) is 10.7. The predicted octanol–water partition coefficient (Wildman–Crippen LogP) is 3.65. The number of hydrogen-bond acceptors (Lipinski definition) is 8. The number of carbonyl (C=O) groups is 2. The fraction of sp³-hybridized carbons (Fsp3) is 0.652. The van der Waals surface area contributed by atoms with Gasteiger partial charge in [0.2, 0.25) is 0 Å². The molecule has 0 saturated carbocycles. The van der Waals surface area contributed by atoms with Gasteiger partial charge < -0.3 is 20.3 Å². The van der Waals surface area contributed by atoms with Gasteiger partial charge in [-0.3, -0.25) is 14.1 Å². The molecule has 0 aromatic heterocycles. The Morgan fingerprint density at radius 1 is 0.970 bits per heavy atom. The van der Waals surface area contributed by atoms with Crippen molar-refractivity contribution < 1.29 is 37.1 Å². The molecule has 0 fully saturated rings. The van der Waals surface area contributed by atoms with Crippen LogP contribution in [0.25, 0.3) is 0 Å². The van der Waals surface area contributed by atoms with E-state index in [-0.39, 0.29) is 18.0 Å². The minimum absolute atomic E-state index is 0.0252. The van der Waals surface area contributed by atoms with E-state index in [1.807, 2.05) is 41.5 Å². The van der Waals surface area contributed by atoms with E-state index in [2.05, 4.69) is 0 Å². The fourth-order valence-corrected chi connectivity index (χ4v) is 2.96. The number of rotatable bonds is 10. The first-order chi connectivity index (χ1) is 15.0. The Labute approximate surface area is 197 Å². The van der Waals surface area contributed by atoms with E-state index < -0.39 is 39.0 Å². The monoisotopic (exact) mass is 489 g/mol. The summed E-state index contributed by atoms with van der Waals surface area (Å²) in [7, 11) is -3.67. The number of nitrogens with two attached hydrogens (primary N) is 1. The Hall–Kier alpha value is -2.01. The molecular formula is C23H39NO8S. The zero-order chi connectivity index (χ0) is 26.0. The molecule has 0 aliphatic heterocycles. The van der Waals surface area contributed by atoms with Crippen LogP contribution >= 0.6 is 0 Å². The van der Waals surface area contributed by atoms with E-state index in [1.54, 1.807) is 6.07 Å². The molecule has 0 spiro atoms. The number of carbonyl (C=O) groups excluding carboxylic acids is 2. The third-order valence-electron chi connectivity index (χ3n) is 4.84. The van der Waals surface area contributed by atoms with Crippen LogP contribution in [0.15, 0.2) is 18.2 Å². The van der Waals surface area contributed by atoms with Gasteiger partial charge in [-0.15, -0.1) is 0 Å². The van der Waals surface area contributed by atoms with Crippen LogP contribution in [0.5, 0.6) is 11.5 Å². The van der Waals surface area contributed by atoms with E-state index >= 15 is 0 Å².